The van der Waals surface area contributed by atoms with Gasteiger partial charge >= 0.3 is 0 Å². The van der Waals surface area contributed by atoms with Crippen LogP contribution in [-0.4, -0.2) is 17.2 Å². The van der Waals surface area contributed by atoms with Crippen LogP contribution in [0.2, 0.25) is 0 Å². The minimum absolute atomic E-state index is 0.161. The smallest absolute Gasteiger partial charge is 0.223 e. The zero-order valence-corrected chi connectivity index (χ0v) is 8.52. The number of allylic oxidation sites excluding steroid dienone is 1. The Balaban J connectivity index is 2.51. The third-order valence-electron chi connectivity index (χ3n) is 1.94. The van der Waals surface area contributed by atoms with E-state index in [-0.39, 0.29) is 5.76 Å². The monoisotopic (exact) mass is 205 g/mol. The van der Waals surface area contributed by atoms with Gasteiger partial charge in [0.2, 0.25) is 5.89 Å². The zero-order valence-electron chi connectivity index (χ0n) is 8.52. The van der Waals surface area contributed by atoms with Gasteiger partial charge < -0.3 is 14.3 Å². The molecule has 1 aromatic carbocycles. The lowest BCUT2D eigenvalue weighted by Crippen LogP contribution is -1.80. The van der Waals surface area contributed by atoms with Crippen molar-refractivity contribution in [3.63, 3.8) is 0 Å². The van der Waals surface area contributed by atoms with Gasteiger partial charge in [0, 0.05) is 12.1 Å². The summed E-state index contributed by atoms with van der Waals surface area (Å²) in [6, 6.07) is 5.36. The van der Waals surface area contributed by atoms with Crippen LogP contribution in [0.15, 0.2) is 28.4 Å². The van der Waals surface area contributed by atoms with Crippen LogP contribution in [0.25, 0.3) is 17.2 Å². The highest BCUT2D eigenvalue weighted by Gasteiger charge is 2.04. The molecule has 15 heavy (non-hydrogen) atoms. The summed E-state index contributed by atoms with van der Waals surface area (Å²) in [6.45, 7) is 1.56. The minimum Gasteiger partial charge on any atom is -0.512 e. The van der Waals surface area contributed by atoms with Crippen molar-refractivity contribution >= 4 is 17.2 Å². The first-order valence-corrected chi connectivity index (χ1v) is 4.51. The van der Waals surface area contributed by atoms with E-state index in [9.17, 15) is 0 Å². The number of nitrogens with zero attached hydrogens (tertiary/aromatic N) is 1. The first kappa shape index (κ1) is 9.58. The van der Waals surface area contributed by atoms with Crippen LogP contribution >= 0.6 is 0 Å². The van der Waals surface area contributed by atoms with Gasteiger partial charge in [-0.25, -0.2) is 4.98 Å². The van der Waals surface area contributed by atoms with Gasteiger partial charge in [-0.1, -0.05) is 0 Å². The molecule has 4 heteroatoms. The third kappa shape index (κ3) is 1.93. The molecule has 0 aliphatic heterocycles. The highest BCUT2D eigenvalue weighted by Crippen LogP contribution is 2.21. The van der Waals surface area contributed by atoms with E-state index in [2.05, 4.69) is 4.98 Å². The summed E-state index contributed by atoms with van der Waals surface area (Å²) in [5, 5.41) is 9.07. The second-order valence-corrected chi connectivity index (χ2v) is 3.17. The molecule has 2 rings (SSSR count). The lowest BCUT2D eigenvalue weighted by Gasteiger charge is -1.95. The predicted octanol–water partition coefficient (Wildman–Crippen LogP) is 2.76. The Morgan fingerprint density at radius 2 is 2.33 bits per heavy atom. The molecule has 1 N–H and O–H groups in total. The first-order valence-electron chi connectivity index (χ1n) is 4.51. The van der Waals surface area contributed by atoms with E-state index in [1.54, 1.807) is 32.2 Å². The fourth-order valence-electron chi connectivity index (χ4n) is 1.29. The van der Waals surface area contributed by atoms with Crippen molar-refractivity contribution < 1.29 is 14.3 Å². The molecule has 2 aromatic rings. The molecule has 0 aliphatic rings. The van der Waals surface area contributed by atoms with Crippen molar-refractivity contribution in [1.29, 1.82) is 0 Å². The number of oxazole rings is 1. The number of methoxy groups -OCH3 is 1. The summed E-state index contributed by atoms with van der Waals surface area (Å²) in [6.07, 6.45) is 1.46. The number of fused-ring (bicyclic) bond motifs is 1. The van der Waals surface area contributed by atoms with E-state index in [1.807, 2.05) is 0 Å². The highest BCUT2D eigenvalue weighted by atomic mass is 16.5. The molecule has 0 amide bonds. The molecular weight excluding hydrogens is 194 g/mol. The van der Waals surface area contributed by atoms with Crippen molar-refractivity contribution in [1.82, 2.24) is 4.98 Å². The number of hydrogen-bond acceptors (Lipinski definition) is 4. The molecule has 0 atom stereocenters. The fraction of sp³-hybridized carbons (Fsp3) is 0.182. The third-order valence-corrected chi connectivity index (χ3v) is 1.94. The number of benzene rings is 1. The standard InChI is InChI=1S/C11H11NO3/c1-7(13)5-11-12-9-6-8(14-2)3-4-10(9)15-11/h3-6,13H,1-2H3/b7-5-. The van der Waals surface area contributed by atoms with Crippen LogP contribution in [0.3, 0.4) is 0 Å². The number of aromatic nitrogens is 1. The molecule has 1 heterocycles. The van der Waals surface area contributed by atoms with Crippen LogP contribution in [0.5, 0.6) is 5.75 Å². The molecule has 0 bridgehead atoms. The SMILES string of the molecule is COc1ccc2oc(/C=C(/C)O)nc2c1. The molecular formula is C11H11NO3. The number of ether oxygens (including phenoxy) is 1. The van der Waals surface area contributed by atoms with Gasteiger partial charge in [0.05, 0.1) is 12.9 Å². The Kier molecular flexibility index (Phi) is 2.33. The highest BCUT2D eigenvalue weighted by molar-refractivity contribution is 5.75. The van der Waals surface area contributed by atoms with Gasteiger partial charge in [0.1, 0.15) is 11.3 Å². The quantitative estimate of drug-likeness (QED) is 0.766. The maximum atomic E-state index is 9.07. The molecule has 1 aromatic heterocycles. The topological polar surface area (TPSA) is 55.5 Å². The average molecular weight is 205 g/mol. The maximum absolute atomic E-state index is 9.07. The molecule has 0 saturated heterocycles. The van der Waals surface area contributed by atoms with Gasteiger partial charge in [0.25, 0.3) is 0 Å². The summed E-state index contributed by atoms with van der Waals surface area (Å²) in [5.41, 5.74) is 1.38. The fourth-order valence-corrected chi connectivity index (χ4v) is 1.29. The van der Waals surface area contributed by atoms with E-state index in [0.29, 0.717) is 17.0 Å². The van der Waals surface area contributed by atoms with Gasteiger partial charge in [-0.3, -0.25) is 0 Å². The lowest BCUT2D eigenvalue weighted by atomic mass is 10.3. The maximum Gasteiger partial charge on any atom is 0.223 e. The van der Waals surface area contributed by atoms with Crippen molar-refractivity contribution in [3.05, 3.63) is 29.8 Å². The summed E-state index contributed by atoms with van der Waals surface area (Å²) in [5.74, 6) is 1.28. The predicted molar refractivity (Wildman–Crippen MR) is 56.8 cm³/mol. The van der Waals surface area contributed by atoms with Crippen LogP contribution in [0.4, 0.5) is 0 Å². The van der Waals surface area contributed by atoms with Crippen molar-refractivity contribution in [2.24, 2.45) is 0 Å². The Morgan fingerprint density at radius 1 is 1.53 bits per heavy atom. The number of aliphatic hydroxyl groups excluding tert-OH is 1. The second-order valence-electron chi connectivity index (χ2n) is 3.17. The van der Waals surface area contributed by atoms with E-state index in [1.165, 1.54) is 6.08 Å². The second kappa shape index (κ2) is 3.65. The summed E-state index contributed by atoms with van der Waals surface area (Å²) in [4.78, 5) is 4.18. The minimum atomic E-state index is 0.161. The van der Waals surface area contributed by atoms with Crippen LogP contribution in [-0.2, 0) is 0 Å². The molecule has 0 saturated carbocycles. The van der Waals surface area contributed by atoms with Crippen LogP contribution in [0.1, 0.15) is 12.8 Å². The Labute approximate surface area is 86.8 Å². The molecule has 0 spiro atoms. The van der Waals surface area contributed by atoms with Crippen LogP contribution < -0.4 is 4.74 Å². The van der Waals surface area contributed by atoms with Gasteiger partial charge in [-0.15, -0.1) is 0 Å². The van der Waals surface area contributed by atoms with E-state index in [4.69, 9.17) is 14.3 Å². The lowest BCUT2D eigenvalue weighted by molar-refractivity contribution is 0.415. The van der Waals surface area contributed by atoms with Gasteiger partial charge in [-0.05, 0) is 19.1 Å². The first-order chi connectivity index (χ1) is 7.19. The normalized spacial score (nSPS) is 12.0. The molecule has 0 radical (unpaired) electrons. The molecule has 0 aliphatic carbocycles. The average Bonchev–Trinajstić information content (AvgIpc) is 2.57. The molecule has 78 valence electrons. The van der Waals surface area contributed by atoms with E-state index < -0.39 is 0 Å². The van der Waals surface area contributed by atoms with E-state index in [0.717, 1.165) is 5.75 Å². The van der Waals surface area contributed by atoms with E-state index >= 15 is 0 Å². The summed E-state index contributed by atoms with van der Waals surface area (Å²) in [7, 11) is 1.60. The summed E-state index contributed by atoms with van der Waals surface area (Å²) >= 11 is 0. The molecule has 4 nitrogen and oxygen atoms in total. The number of hydrogen-bond donors (Lipinski definition) is 1. The van der Waals surface area contributed by atoms with Gasteiger partial charge in [-0.2, -0.15) is 0 Å². The van der Waals surface area contributed by atoms with Crippen LogP contribution in [0, 0.1) is 0 Å². The van der Waals surface area contributed by atoms with Crippen molar-refractivity contribution in [2.45, 2.75) is 6.92 Å². The Morgan fingerprint density at radius 3 is 3.00 bits per heavy atom. The zero-order chi connectivity index (χ0) is 10.8. The number of rotatable bonds is 2. The Bertz CT molecular complexity index is 510. The van der Waals surface area contributed by atoms with Gasteiger partial charge in [0.15, 0.2) is 5.58 Å². The molecule has 0 unspecified atom stereocenters. The summed E-state index contributed by atoms with van der Waals surface area (Å²) < 4.78 is 10.4. The largest absolute Gasteiger partial charge is 0.512 e. The number of aliphatic hydroxyl groups is 1. The van der Waals surface area contributed by atoms with Crippen molar-refractivity contribution in [2.75, 3.05) is 7.11 Å². The van der Waals surface area contributed by atoms with Crippen molar-refractivity contribution in [3.8, 4) is 5.75 Å². The molecule has 0 fully saturated rings. The Hall–Kier alpha value is -1.97.